The van der Waals surface area contributed by atoms with Crippen LogP contribution in [0.2, 0.25) is 0 Å². The van der Waals surface area contributed by atoms with Gasteiger partial charge in [-0.05, 0) is 36.4 Å². The number of benzene rings is 2. The van der Waals surface area contributed by atoms with Crippen LogP contribution in [0, 0.1) is 6.92 Å². The minimum atomic E-state index is 0.231. The molecule has 1 aromatic heterocycles. The van der Waals surface area contributed by atoms with Crippen LogP contribution < -0.4 is 5.32 Å². The van der Waals surface area contributed by atoms with Crippen LogP contribution in [0.4, 0.5) is 5.82 Å². The van der Waals surface area contributed by atoms with Gasteiger partial charge in [0.1, 0.15) is 5.82 Å². The largest absolute Gasteiger partial charge is 0.363 e. The Morgan fingerprint density at radius 1 is 0.950 bits per heavy atom. The summed E-state index contributed by atoms with van der Waals surface area (Å²) in [7, 11) is 0. The predicted molar refractivity (Wildman–Crippen MR) is 85.0 cm³/mol. The van der Waals surface area contributed by atoms with Gasteiger partial charge < -0.3 is 5.32 Å². The fourth-order valence-corrected chi connectivity index (χ4v) is 2.59. The highest BCUT2D eigenvalue weighted by atomic mass is 15.0. The first kappa shape index (κ1) is 12.7. The lowest BCUT2D eigenvalue weighted by Gasteiger charge is -2.18. The zero-order chi connectivity index (χ0) is 13.9. The quantitative estimate of drug-likeness (QED) is 0.739. The fourth-order valence-electron chi connectivity index (χ4n) is 2.59. The number of hydrogen-bond donors (Lipinski definition) is 1. The number of fused-ring (bicyclic) bond motifs is 1. The van der Waals surface area contributed by atoms with E-state index in [-0.39, 0.29) is 6.04 Å². The third-order valence-corrected chi connectivity index (χ3v) is 3.68. The topological polar surface area (TPSA) is 24.9 Å². The van der Waals surface area contributed by atoms with E-state index in [1.54, 1.807) is 0 Å². The lowest BCUT2D eigenvalue weighted by atomic mass is 10.0. The normalized spacial score (nSPS) is 12.3. The van der Waals surface area contributed by atoms with Crippen molar-refractivity contribution in [1.29, 1.82) is 0 Å². The zero-order valence-corrected chi connectivity index (χ0v) is 11.8. The number of anilines is 1. The van der Waals surface area contributed by atoms with Crippen molar-refractivity contribution in [3.05, 3.63) is 71.9 Å². The highest BCUT2D eigenvalue weighted by Gasteiger charge is 2.10. The second-order valence-corrected chi connectivity index (χ2v) is 5.10. The summed E-state index contributed by atoms with van der Waals surface area (Å²) >= 11 is 0. The summed E-state index contributed by atoms with van der Waals surface area (Å²) in [6, 6.07) is 19.1. The Bertz CT molecular complexity index is 729. The summed E-state index contributed by atoms with van der Waals surface area (Å²) in [6.45, 7) is 4.32. The van der Waals surface area contributed by atoms with Crippen molar-refractivity contribution < 1.29 is 0 Å². The first-order chi connectivity index (χ1) is 9.75. The monoisotopic (exact) mass is 262 g/mol. The van der Waals surface area contributed by atoms with Gasteiger partial charge in [-0.1, -0.05) is 48.5 Å². The van der Waals surface area contributed by atoms with E-state index in [2.05, 4.69) is 66.6 Å². The van der Waals surface area contributed by atoms with Crippen LogP contribution in [0.15, 0.2) is 60.8 Å². The van der Waals surface area contributed by atoms with Gasteiger partial charge in [-0.15, -0.1) is 0 Å². The third kappa shape index (κ3) is 2.37. The van der Waals surface area contributed by atoms with Crippen LogP contribution in [0.1, 0.15) is 24.1 Å². The molecule has 0 fully saturated rings. The molecule has 1 unspecified atom stereocenters. The molecule has 2 heteroatoms. The first-order valence-electron chi connectivity index (χ1n) is 6.91. The average Bonchev–Trinajstić information content (AvgIpc) is 2.48. The van der Waals surface area contributed by atoms with Gasteiger partial charge in [-0.2, -0.15) is 0 Å². The summed E-state index contributed by atoms with van der Waals surface area (Å²) in [4.78, 5) is 4.49. The van der Waals surface area contributed by atoms with Crippen LogP contribution in [0.5, 0.6) is 0 Å². The highest BCUT2D eigenvalue weighted by Crippen LogP contribution is 2.26. The predicted octanol–water partition coefficient (Wildman–Crippen LogP) is 4.72. The number of rotatable bonds is 3. The van der Waals surface area contributed by atoms with Gasteiger partial charge >= 0.3 is 0 Å². The van der Waals surface area contributed by atoms with Crippen molar-refractivity contribution in [2.24, 2.45) is 0 Å². The average molecular weight is 262 g/mol. The molecule has 0 saturated carbocycles. The third-order valence-electron chi connectivity index (χ3n) is 3.68. The van der Waals surface area contributed by atoms with E-state index >= 15 is 0 Å². The number of aryl methyl sites for hydroxylation is 1. The second kappa shape index (κ2) is 5.33. The SMILES string of the molecule is Cc1ccccc1C(C)Nc1nccc2ccccc12. The molecule has 0 radical (unpaired) electrons. The molecule has 0 aliphatic rings. The molecule has 1 atom stereocenters. The molecule has 0 aliphatic heterocycles. The molecule has 20 heavy (non-hydrogen) atoms. The van der Waals surface area contributed by atoms with Gasteiger partial charge in [0.05, 0.1) is 6.04 Å². The summed E-state index contributed by atoms with van der Waals surface area (Å²) in [6.07, 6.45) is 1.86. The molecular weight excluding hydrogens is 244 g/mol. The molecule has 2 aromatic carbocycles. The van der Waals surface area contributed by atoms with E-state index in [1.807, 2.05) is 18.3 Å². The molecule has 0 bridgehead atoms. The molecule has 0 aliphatic carbocycles. The van der Waals surface area contributed by atoms with Gasteiger partial charge in [0, 0.05) is 11.6 Å². The van der Waals surface area contributed by atoms with Crippen LogP contribution >= 0.6 is 0 Å². The summed E-state index contributed by atoms with van der Waals surface area (Å²) in [5.41, 5.74) is 2.61. The molecule has 3 aromatic rings. The lowest BCUT2D eigenvalue weighted by Crippen LogP contribution is -2.09. The summed E-state index contributed by atoms with van der Waals surface area (Å²) < 4.78 is 0. The van der Waals surface area contributed by atoms with Crippen molar-refractivity contribution in [1.82, 2.24) is 4.98 Å². The zero-order valence-electron chi connectivity index (χ0n) is 11.8. The van der Waals surface area contributed by atoms with E-state index in [0.29, 0.717) is 0 Å². The van der Waals surface area contributed by atoms with E-state index in [0.717, 1.165) is 11.2 Å². The van der Waals surface area contributed by atoms with E-state index in [4.69, 9.17) is 0 Å². The van der Waals surface area contributed by atoms with Gasteiger partial charge in [0.2, 0.25) is 0 Å². The Hall–Kier alpha value is -2.35. The Labute approximate surface area is 119 Å². The maximum absolute atomic E-state index is 4.49. The molecular formula is C18H18N2. The maximum Gasteiger partial charge on any atom is 0.134 e. The molecule has 2 nitrogen and oxygen atoms in total. The first-order valence-corrected chi connectivity index (χ1v) is 6.91. The van der Waals surface area contributed by atoms with Crippen molar-refractivity contribution in [2.75, 3.05) is 5.32 Å². The highest BCUT2D eigenvalue weighted by molar-refractivity contribution is 5.91. The maximum atomic E-state index is 4.49. The van der Waals surface area contributed by atoms with Gasteiger partial charge in [-0.25, -0.2) is 4.98 Å². The molecule has 100 valence electrons. The second-order valence-electron chi connectivity index (χ2n) is 5.10. The number of pyridine rings is 1. The van der Waals surface area contributed by atoms with Crippen molar-refractivity contribution >= 4 is 16.6 Å². The number of nitrogens with one attached hydrogen (secondary N) is 1. The molecule has 0 saturated heterocycles. The van der Waals surface area contributed by atoms with Crippen molar-refractivity contribution in [3.8, 4) is 0 Å². The van der Waals surface area contributed by atoms with Crippen LogP contribution in [0.25, 0.3) is 10.8 Å². The minimum absolute atomic E-state index is 0.231. The van der Waals surface area contributed by atoms with E-state index < -0.39 is 0 Å². The Kier molecular flexibility index (Phi) is 3.38. The number of nitrogens with zero attached hydrogens (tertiary/aromatic N) is 1. The van der Waals surface area contributed by atoms with E-state index in [9.17, 15) is 0 Å². The summed E-state index contributed by atoms with van der Waals surface area (Å²) in [5.74, 6) is 0.943. The summed E-state index contributed by atoms with van der Waals surface area (Å²) in [5, 5.41) is 5.90. The Morgan fingerprint density at radius 2 is 1.70 bits per heavy atom. The van der Waals surface area contributed by atoms with Crippen molar-refractivity contribution in [3.63, 3.8) is 0 Å². The lowest BCUT2D eigenvalue weighted by molar-refractivity contribution is 0.867. The smallest absolute Gasteiger partial charge is 0.134 e. The van der Waals surface area contributed by atoms with E-state index in [1.165, 1.54) is 16.5 Å². The molecule has 3 rings (SSSR count). The van der Waals surface area contributed by atoms with Crippen molar-refractivity contribution in [2.45, 2.75) is 19.9 Å². The minimum Gasteiger partial charge on any atom is -0.363 e. The van der Waals surface area contributed by atoms with Gasteiger partial charge in [0.15, 0.2) is 0 Å². The Morgan fingerprint density at radius 3 is 2.55 bits per heavy atom. The molecule has 0 spiro atoms. The van der Waals surface area contributed by atoms with Crippen LogP contribution in [-0.2, 0) is 0 Å². The molecule has 1 N–H and O–H groups in total. The molecule has 0 amide bonds. The molecule has 1 heterocycles. The fraction of sp³-hybridized carbons (Fsp3) is 0.167. The standard InChI is InChI=1S/C18H18N2/c1-13-7-3-5-9-16(13)14(2)20-18-17-10-6-4-8-15(17)11-12-19-18/h3-12,14H,1-2H3,(H,19,20). The Balaban J connectivity index is 1.96. The number of aromatic nitrogens is 1. The van der Waals surface area contributed by atoms with Gasteiger partial charge in [-0.3, -0.25) is 0 Å². The van der Waals surface area contributed by atoms with Crippen LogP contribution in [0.3, 0.4) is 0 Å². The number of hydrogen-bond acceptors (Lipinski definition) is 2. The van der Waals surface area contributed by atoms with Gasteiger partial charge in [0.25, 0.3) is 0 Å². The van der Waals surface area contributed by atoms with Crippen LogP contribution in [-0.4, -0.2) is 4.98 Å².